The van der Waals surface area contributed by atoms with Crippen molar-refractivity contribution in [3.05, 3.63) is 83.9 Å². The van der Waals surface area contributed by atoms with Gasteiger partial charge in [-0.15, -0.1) is 11.8 Å². The molecule has 0 heterocycles. The van der Waals surface area contributed by atoms with Crippen molar-refractivity contribution in [3.63, 3.8) is 0 Å². The van der Waals surface area contributed by atoms with Crippen LogP contribution in [0.1, 0.15) is 51.0 Å². The quantitative estimate of drug-likeness (QED) is 0.528. The molecule has 0 radical (unpaired) electrons. The maximum atomic E-state index is 3.99. The topological polar surface area (TPSA) is 0 Å². The summed E-state index contributed by atoms with van der Waals surface area (Å²) in [6.45, 7) is 14.1. The monoisotopic (exact) mass is 314 g/mol. The van der Waals surface area contributed by atoms with Crippen LogP contribution in [0.4, 0.5) is 0 Å². The lowest BCUT2D eigenvalue weighted by atomic mass is 10.0. The van der Waals surface area contributed by atoms with E-state index < -0.39 is 0 Å². The fraction of sp³-hybridized carbons (Fsp3) is 0.333. The van der Waals surface area contributed by atoms with Gasteiger partial charge in [0.25, 0.3) is 0 Å². The van der Waals surface area contributed by atoms with Crippen molar-refractivity contribution in [1.29, 1.82) is 0 Å². The minimum Gasteiger partial charge on any atom is -0.145 e. The van der Waals surface area contributed by atoms with Crippen LogP contribution in [0.15, 0.2) is 72.8 Å². The first kappa shape index (κ1) is 20.5. The normalized spacial score (nSPS) is 9.18. The molecule has 0 fully saturated rings. The zero-order chi connectivity index (χ0) is 16.8. The average molecular weight is 315 g/mol. The first-order chi connectivity index (χ1) is 10.8. The van der Waals surface area contributed by atoms with Crippen LogP contribution in [0, 0.1) is 0 Å². The Bertz CT molecular complexity index is 448. The molecule has 2 aromatic carbocycles. The highest BCUT2D eigenvalue weighted by molar-refractivity contribution is 7.99. The largest absolute Gasteiger partial charge is 0.145 e. The van der Waals surface area contributed by atoms with Gasteiger partial charge >= 0.3 is 0 Å². The van der Waals surface area contributed by atoms with E-state index in [1.54, 1.807) is 0 Å². The Morgan fingerprint density at radius 2 is 1.18 bits per heavy atom. The zero-order valence-electron chi connectivity index (χ0n) is 14.7. The van der Waals surface area contributed by atoms with Crippen molar-refractivity contribution in [3.8, 4) is 0 Å². The number of hydrogen-bond donors (Lipinski definition) is 0. The molecule has 0 nitrogen and oxygen atoms in total. The van der Waals surface area contributed by atoms with Crippen LogP contribution in [0.2, 0.25) is 0 Å². The number of benzene rings is 2. The summed E-state index contributed by atoms with van der Waals surface area (Å²) in [5.74, 6) is 0.994. The summed E-state index contributed by atoms with van der Waals surface area (Å²) in [4.78, 5) is 0. The van der Waals surface area contributed by atoms with Crippen molar-refractivity contribution in [2.45, 2.75) is 39.9 Å². The van der Waals surface area contributed by atoms with Crippen LogP contribution in [-0.4, -0.2) is 5.75 Å². The second-order valence-electron chi connectivity index (χ2n) is 4.47. The van der Waals surface area contributed by atoms with Crippen molar-refractivity contribution < 1.29 is 0 Å². The average Bonchev–Trinajstić information content (AvgIpc) is 2.60. The molecule has 0 aliphatic heterocycles. The second-order valence-corrected chi connectivity index (χ2v) is 5.56. The Balaban J connectivity index is 0.00000102. The summed E-state index contributed by atoms with van der Waals surface area (Å²) in [5.41, 5.74) is 3.93. The smallest absolute Gasteiger partial charge is 0.0549 e. The van der Waals surface area contributed by atoms with Crippen LogP contribution < -0.4 is 0 Å². The molecule has 1 heteroatoms. The Hall–Kier alpha value is -1.47. The lowest BCUT2D eigenvalue weighted by Gasteiger charge is -2.17. The molecule has 2 rings (SSSR count). The third kappa shape index (κ3) is 7.51. The molecule has 0 aliphatic carbocycles. The molecule has 0 saturated heterocycles. The molecule has 22 heavy (non-hydrogen) atoms. The maximum Gasteiger partial charge on any atom is 0.0549 e. The highest BCUT2D eigenvalue weighted by Crippen LogP contribution is 2.36. The van der Waals surface area contributed by atoms with Gasteiger partial charge in [-0.1, -0.05) is 101 Å². The summed E-state index contributed by atoms with van der Waals surface area (Å²) in [5, 5.41) is 0.393. The van der Waals surface area contributed by atoms with Crippen LogP contribution >= 0.6 is 11.8 Å². The van der Waals surface area contributed by atoms with Crippen LogP contribution in [-0.2, 0) is 0 Å². The van der Waals surface area contributed by atoms with Crippen LogP contribution in [0.25, 0.3) is 0 Å². The van der Waals surface area contributed by atoms with Crippen LogP contribution in [0.5, 0.6) is 0 Å². The van der Waals surface area contributed by atoms with E-state index >= 15 is 0 Å². The fourth-order valence-electron chi connectivity index (χ4n) is 1.87. The molecule has 0 saturated carbocycles. The third-order valence-corrected chi connectivity index (χ3v) is 4.24. The van der Waals surface area contributed by atoms with Gasteiger partial charge in [0.2, 0.25) is 0 Å². The van der Waals surface area contributed by atoms with Crippen LogP contribution in [0.3, 0.4) is 0 Å². The van der Waals surface area contributed by atoms with E-state index in [0.29, 0.717) is 5.25 Å². The first-order valence-corrected chi connectivity index (χ1v) is 9.18. The molecule has 0 amide bonds. The standard InChI is InChI=1S/C17H18S.2C2H6/c1-14(2)13-18-17(15-9-5-3-6-10-15)16-11-7-4-8-12-16;2*1-2/h3-12,17H,1,13H2,2H3;2*1-2H3. The predicted molar refractivity (Wildman–Crippen MR) is 105 cm³/mol. The highest BCUT2D eigenvalue weighted by Gasteiger charge is 2.13. The van der Waals surface area contributed by atoms with Gasteiger partial charge in [-0.3, -0.25) is 0 Å². The molecular weight excluding hydrogens is 284 g/mol. The van der Waals surface area contributed by atoms with E-state index in [9.17, 15) is 0 Å². The van der Waals surface area contributed by atoms with Crippen molar-refractivity contribution in [2.75, 3.05) is 5.75 Å². The Labute approximate surface area is 141 Å². The predicted octanol–water partition coefficient (Wildman–Crippen LogP) is 7.14. The van der Waals surface area contributed by atoms with Gasteiger partial charge < -0.3 is 0 Å². The van der Waals surface area contributed by atoms with E-state index in [4.69, 9.17) is 0 Å². The molecule has 2 aromatic rings. The van der Waals surface area contributed by atoms with Crippen molar-refractivity contribution in [2.24, 2.45) is 0 Å². The second kappa shape index (κ2) is 13.2. The van der Waals surface area contributed by atoms with E-state index in [2.05, 4.69) is 74.2 Å². The van der Waals surface area contributed by atoms with Crippen molar-refractivity contribution in [1.82, 2.24) is 0 Å². The Kier molecular flexibility index (Phi) is 12.3. The number of thioether (sulfide) groups is 1. The van der Waals surface area contributed by atoms with Gasteiger partial charge in [0.1, 0.15) is 0 Å². The number of hydrogen-bond acceptors (Lipinski definition) is 1. The molecular formula is C21H30S. The van der Waals surface area contributed by atoms with Crippen molar-refractivity contribution >= 4 is 11.8 Å². The Morgan fingerprint density at radius 1 is 0.818 bits per heavy atom. The number of rotatable bonds is 5. The van der Waals surface area contributed by atoms with Gasteiger partial charge in [0, 0.05) is 5.75 Å². The minimum atomic E-state index is 0.393. The van der Waals surface area contributed by atoms with Gasteiger partial charge in [0.15, 0.2) is 0 Å². The first-order valence-electron chi connectivity index (χ1n) is 8.13. The molecule has 0 bridgehead atoms. The maximum absolute atomic E-state index is 3.99. The molecule has 0 aromatic heterocycles. The molecule has 0 spiro atoms. The van der Waals surface area contributed by atoms with Gasteiger partial charge in [-0.05, 0) is 18.1 Å². The minimum absolute atomic E-state index is 0.393. The van der Waals surface area contributed by atoms with E-state index in [-0.39, 0.29) is 0 Å². The van der Waals surface area contributed by atoms with E-state index in [1.807, 2.05) is 39.5 Å². The third-order valence-electron chi connectivity index (χ3n) is 2.70. The lowest BCUT2D eigenvalue weighted by Crippen LogP contribution is -1.98. The molecule has 120 valence electrons. The zero-order valence-corrected chi connectivity index (χ0v) is 15.5. The summed E-state index contributed by atoms with van der Waals surface area (Å²) in [6.07, 6.45) is 0. The summed E-state index contributed by atoms with van der Waals surface area (Å²) in [6, 6.07) is 21.3. The molecule has 0 unspecified atom stereocenters. The van der Waals surface area contributed by atoms with Gasteiger partial charge in [0.05, 0.1) is 5.25 Å². The van der Waals surface area contributed by atoms with Gasteiger partial charge in [-0.25, -0.2) is 0 Å². The fourth-order valence-corrected chi connectivity index (χ4v) is 3.02. The SMILES string of the molecule is C=C(C)CSC(c1ccccc1)c1ccccc1.CC.CC. The summed E-state index contributed by atoms with van der Waals surface area (Å²) < 4.78 is 0. The Morgan fingerprint density at radius 3 is 1.50 bits per heavy atom. The van der Waals surface area contributed by atoms with E-state index in [0.717, 1.165) is 5.75 Å². The highest BCUT2D eigenvalue weighted by atomic mass is 32.2. The summed E-state index contributed by atoms with van der Waals surface area (Å²) >= 11 is 1.94. The molecule has 0 aliphatic rings. The molecule has 0 N–H and O–H groups in total. The summed E-state index contributed by atoms with van der Waals surface area (Å²) in [7, 11) is 0. The lowest BCUT2D eigenvalue weighted by molar-refractivity contribution is 1.15. The van der Waals surface area contributed by atoms with E-state index in [1.165, 1.54) is 16.7 Å². The van der Waals surface area contributed by atoms with Gasteiger partial charge in [-0.2, -0.15) is 0 Å². The molecule has 0 atom stereocenters.